The minimum absolute atomic E-state index is 0.000757. The van der Waals surface area contributed by atoms with Crippen molar-refractivity contribution in [2.75, 3.05) is 17.2 Å². The number of hydrogen-bond donors (Lipinski definition) is 2. The maximum Gasteiger partial charge on any atom is 0.348 e. The van der Waals surface area contributed by atoms with Crippen molar-refractivity contribution >= 4 is 78.7 Å². The van der Waals surface area contributed by atoms with Crippen LogP contribution in [0.1, 0.15) is 25.7 Å². The number of carbonyl (C=O) groups excluding carboxylic acids is 6. The van der Waals surface area contributed by atoms with Crippen LogP contribution in [0.15, 0.2) is 216 Å². The zero-order valence-electron chi connectivity index (χ0n) is 38.4. The highest BCUT2D eigenvalue weighted by molar-refractivity contribution is 7.96. The Kier molecular flexibility index (Phi) is 13.2. The van der Waals surface area contributed by atoms with E-state index in [4.69, 9.17) is 18.9 Å². The van der Waals surface area contributed by atoms with Crippen LogP contribution in [0.25, 0.3) is 0 Å². The lowest BCUT2D eigenvalue weighted by Crippen LogP contribution is -2.57. The number of aliphatic hydroxyl groups is 2. The number of para-hydroxylation sites is 4. The monoisotopic (exact) mass is 1040 g/mol. The van der Waals surface area contributed by atoms with Gasteiger partial charge < -0.3 is 29.2 Å². The van der Waals surface area contributed by atoms with Gasteiger partial charge in [-0.3, -0.25) is 19.2 Å². The molecule has 0 aromatic heterocycles. The van der Waals surface area contributed by atoms with Gasteiger partial charge in [-0.1, -0.05) is 109 Å². The number of hydrogen-bond acceptors (Lipinski definition) is 16. The molecule has 1 aliphatic carbocycles. The van der Waals surface area contributed by atoms with Crippen LogP contribution in [0.2, 0.25) is 0 Å². The number of nitrogens with zero attached hydrogens (tertiary/aromatic N) is 4. The first-order valence-corrected chi connectivity index (χ1v) is 25.2. The van der Waals surface area contributed by atoms with E-state index in [2.05, 4.69) is 0 Å². The molecule has 2 spiro atoms. The van der Waals surface area contributed by atoms with Gasteiger partial charge in [0.1, 0.15) is 22.3 Å². The molecule has 2 saturated heterocycles. The Labute approximate surface area is 422 Å². The van der Waals surface area contributed by atoms with Crippen LogP contribution in [0.3, 0.4) is 0 Å². The fraction of sp³-hybridized carbons (Fsp3) is 0.115. The first kappa shape index (κ1) is 49.7. The van der Waals surface area contributed by atoms with Crippen molar-refractivity contribution in [2.24, 2.45) is 0 Å². The summed E-state index contributed by atoms with van der Waals surface area (Å²) in [5.74, 6) is -11.4. The summed E-state index contributed by atoms with van der Waals surface area (Å²) in [4.78, 5) is 80.9. The van der Waals surface area contributed by atoms with Gasteiger partial charge in [-0.2, -0.15) is 34.1 Å². The van der Waals surface area contributed by atoms with Gasteiger partial charge in [0.05, 0.1) is 22.7 Å². The van der Waals surface area contributed by atoms with Gasteiger partial charge in [-0.25, -0.2) is 9.59 Å². The Morgan fingerprint density at radius 1 is 0.392 bits per heavy atom. The molecule has 4 aliphatic heterocycles. The van der Waals surface area contributed by atoms with E-state index < -0.39 is 102 Å². The van der Waals surface area contributed by atoms with Gasteiger partial charge in [-0.05, 0) is 72.8 Å². The third-order valence-electron chi connectivity index (χ3n) is 11.8. The smallest absolute Gasteiger partial charge is 0.348 e. The Hall–Kier alpha value is -9.28. The zero-order valence-corrected chi connectivity index (χ0v) is 40.0. The summed E-state index contributed by atoms with van der Waals surface area (Å²) < 4.78 is 79.5. The van der Waals surface area contributed by atoms with Gasteiger partial charge in [0.2, 0.25) is 0 Å². The highest BCUT2D eigenvalue weighted by Gasteiger charge is 2.55. The maximum atomic E-state index is 13.7. The summed E-state index contributed by atoms with van der Waals surface area (Å²) in [6.07, 6.45) is 11.5. The summed E-state index contributed by atoms with van der Waals surface area (Å²) >= 11 is 0. The van der Waals surface area contributed by atoms with Crippen LogP contribution in [0.4, 0.5) is 22.7 Å². The molecule has 5 aliphatic rings. The molecule has 20 nitrogen and oxygen atoms in total. The molecule has 2 N–H and O–H groups in total. The zero-order chi connectivity index (χ0) is 52.4. The Balaban J connectivity index is 0.845. The molecule has 9 rings (SSSR count). The fourth-order valence-electron chi connectivity index (χ4n) is 8.30. The minimum Gasteiger partial charge on any atom is -0.480 e. The van der Waals surface area contributed by atoms with Crippen molar-refractivity contribution in [3.63, 3.8) is 0 Å². The molecular formula is C52H40N4O16S2. The van der Waals surface area contributed by atoms with Crippen molar-refractivity contribution in [1.29, 1.82) is 0 Å². The predicted octanol–water partition coefficient (Wildman–Crippen LogP) is 6.37. The fourth-order valence-corrected chi connectivity index (χ4v) is 11.4. The maximum absolute atomic E-state index is 13.7. The molecule has 0 atom stereocenters. The van der Waals surface area contributed by atoms with E-state index in [9.17, 15) is 55.8 Å². The molecule has 4 heterocycles. The Bertz CT molecular complexity index is 3100. The molecule has 0 bridgehead atoms. The molecule has 74 heavy (non-hydrogen) atoms. The Morgan fingerprint density at radius 2 is 0.662 bits per heavy atom. The standard InChI is InChI=1S/C52H40N4O16S2/c57-43-39(44(58)54(36-21-9-2-10-22-36)73(65,66)53(43)35-19-7-1-8-20-35)27-15-5-17-29-41-47(61)69-51(70-48(41)62)31-33-52(34-32-51)71-49(63)42(50(64)72-52)30-18-6-16-28-40-45(59)55(37-23-11-3-12-24-37)74(67,68)56(46(40)60)38-25-13-4-14-26-38/h1-30,61,63H,31-34H2. The van der Waals surface area contributed by atoms with Gasteiger partial charge in [0.15, 0.2) is 0 Å². The summed E-state index contributed by atoms with van der Waals surface area (Å²) in [6.45, 7) is 0. The molecule has 4 amide bonds. The predicted molar refractivity (Wildman–Crippen MR) is 264 cm³/mol. The van der Waals surface area contributed by atoms with Crippen molar-refractivity contribution in [3.05, 3.63) is 216 Å². The average molecular weight is 1040 g/mol. The molecule has 376 valence electrons. The highest BCUT2D eigenvalue weighted by atomic mass is 32.2. The average Bonchev–Trinajstić information content (AvgIpc) is 3.37. The number of amides is 4. The molecule has 3 fully saturated rings. The third-order valence-corrected chi connectivity index (χ3v) is 15.2. The number of carbonyl (C=O) groups is 6. The molecule has 0 radical (unpaired) electrons. The lowest BCUT2D eigenvalue weighted by Gasteiger charge is -2.46. The van der Waals surface area contributed by atoms with Gasteiger partial charge in [-0.15, -0.1) is 0 Å². The second-order valence-electron chi connectivity index (χ2n) is 16.5. The van der Waals surface area contributed by atoms with Crippen molar-refractivity contribution < 1.29 is 74.8 Å². The summed E-state index contributed by atoms with van der Waals surface area (Å²) in [7, 11) is -9.41. The van der Waals surface area contributed by atoms with E-state index in [1.807, 2.05) is 0 Å². The second kappa shape index (κ2) is 19.7. The molecule has 4 aromatic carbocycles. The van der Waals surface area contributed by atoms with Crippen LogP contribution >= 0.6 is 0 Å². The number of rotatable bonds is 10. The van der Waals surface area contributed by atoms with E-state index in [0.717, 1.165) is 24.3 Å². The van der Waals surface area contributed by atoms with Crippen molar-refractivity contribution in [3.8, 4) is 0 Å². The molecule has 4 aromatic rings. The van der Waals surface area contributed by atoms with E-state index in [1.165, 1.54) is 134 Å². The van der Waals surface area contributed by atoms with E-state index in [-0.39, 0.29) is 48.4 Å². The topological polar surface area (TPSA) is 261 Å². The largest absolute Gasteiger partial charge is 0.480 e. The van der Waals surface area contributed by atoms with Crippen LogP contribution < -0.4 is 17.2 Å². The number of esters is 2. The number of aliphatic hydroxyl groups excluding tert-OH is 2. The van der Waals surface area contributed by atoms with Crippen LogP contribution in [-0.4, -0.2) is 74.2 Å². The first-order valence-electron chi connectivity index (χ1n) is 22.4. The second-order valence-corrected chi connectivity index (χ2v) is 19.8. The minimum atomic E-state index is -4.70. The lowest BCUT2D eigenvalue weighted by atomic mass is 9.87. The van der Waals surface area contributed by atoms with Crippen LogP contribution in [-0.2, 0) is 68.1 Å². The molecule has 22 heteroatoms. The van der Waals surface area contributed by atoms with E-state index in [1.54, 1.807) is 24.3 Å². The van der Waals surface area contributed by atoms with E-state index in [0.29, 0.717) is 17.2 Å². The number of ether oxygens (including phenoxy) is 4. The van der Waals surface area contributed by atoms with Gasteiger partial charge in [0, 0.05) is 25.7 Å². The van der Waals surface area contributed by atoms with Crippen molar-refractivity contribution in [2.45, 2.75) is 37.3 Å². The van der Waals surface area contributed by atoms with E-state index >= 15 is 0 Å². The van der Waals surface area contributed by atoms with Crippen LogP contribution in [0, 0.1) is 0 Å². The van der Waals surface area contributed by atoms with Crippen LogP contribution in [0.5, 0.6) is 0 Å². The number of allylic oxidation sites excluding steroid dienone is 8. The first-order chi connectivity index (χ1) is 35.5. The third kappa shape index (κ3) is 9.25. The SMILES string of the molecule is O=C1OC2(CCC3(CC2)OC(=O)C(C=CC=CC=C2C(=O)N(c4ccccc4)S(=O)(=O)N(c4ccccc4)C2=O)=C(O)O3)OC(O)=C1C=CC=CC=C1C(=O)N(c2ccccc2)S(=O)(=O)N(c2ccccc2)C1=O. The summed E-state index contributed by atoms with van der Waals surface area (Å²) in [5.41, 5.74) is -1.78. The molecule has 0 unspecified atom stereocenters. The summed E-state index contributed by atoms with van der Waals surface area (Å²) in [6, 6.07) is 30.0. The summed E-state index contributed by atoms with van der Waals surface area (Å²) in [5, 5.41) is 21.7. The molecule has 1 saturated carbocycles. The number of benzene rings is 4. The number of anilines is 4. The Morgan fingerprint density at radius 3 is 0.919 bits per heavy atom. The van der Waals surface area contributed by atoms with Gasteiger partial charge in [0.25, 0.3) is 47.1 Å². The molecular weight excluding hydrogens is 1000 g/mol. The highest BCUT2D eigenvalue weighted by Crippen LogP contribution is 2.46. The van der Waals surface area contributed by atoms with Gasteiger partial charge >= 0.3 is 32.4 Å². The van der Waals surface area contributed by atoms with Crippen molar-refractivity contribution in [1.82, 2.24) is 0 Å². The lowest BCUT2D eigenvalue weighted by molar-refractivity contribution is -0.302. The quantitative estimate of drug-likeness (QED) is 0.0757. The normalized spacial score (nSPS) is 20.5.